The molecule has 0 aliphatic carbocycles. The molecule has 0 saturated carbocycles. The first kappa shape index (κ1) is 30.9. The number of fused-ring (bicyclic) bond motifs is 1. The summed E-state index contributed by atoms with van der Waals surface area (Å²) in [6, 6.07) is 22.7. The Labute approximate surface area is 269 Å². The molecule has 0 radical (unpaired) electrons. The molecule has 0 spiro atoms. The molecular formula is C33H27Cl3N4O4. The number of rotatable bonds is 9. The monoisotopic (exact) mass is 648 g/mol. The Hall–Kier alpha value is -4.50. The third kappa shape index (κ3) is 6.68. The van der Waals surface area contributed by atoms with Crippen molar-refractivity contribution in [3.8, 4) is 22.6 Å². The smallest absolute Gasteiger partial charge is 0.345 e. The molecule has 0 aliphatic heterocycles. The average molecular weight is 650 g/mol. The molecule has 0 saturated heterocycles. The fourth-order valence-corrected chi connectivity index (χ4v) is 5.28. The van der Waals surface area contributed by atoms with Gasteiger partial charge in [-0.05, 0) is 73.2 Å². The van der Waals surface area contributed by atoms with E-state index in [2.05, 4.69) is 15.5 Å². The number of aromatic amines is 1. The molecule has 1 aromatic heterocycles. The van der Waals surface area contributed by atoms with Crippen molar-refractivity contribution in [2.24, 2.45) is 5.10 Å². The Kier molecular flexibility index (Phi) is 9.44. The van der Waals surface area contributed by atoms with E-state index in [0.717, 1.165) is 22.2 Å². The number of carbonyl (C=O) groups excluding carboxylic acids is 2. The number of hydrazone groups is 1. The molecule has 0 atom stereocenters. The summed E-state index contributed by atoms with van der Waals surface area (Å²) in [5.41, 5.74) is 6.83. The van der Waals surface area contributed by atoms with Crippen LogP contribution in [-0.4, -0.2) is 43.8 Å². The van der Waals surface area contributed by atoms with Crippen molar-refractivity contribution in [1.29, 1.82) is 0 Å². The molecule has 8 nitrogen and oxygen atoms in total. The van der Waals surface area contributed by atoms with E-state index >= 15 is 0 Å². The minimum absolute atomic E-state index is 0.165. The second-order valence-electron chi connectivity index (χ2n) is 9.83. The third-order valence-electron chi connectivity index (χ3n) is 6.67. The number of hydrogen-bond donors (Lipinski definition) is 2. The Morgan fingerprint density at radius 3 is 2.45 bits per heavy atom. The molecule has 0 fully saturated rings. The SMILES string of the molecule is CCOc1cc(C=NNC(=O)c2[nH]c3ccc(N(C)C)cc3c2-c2ccccc2Cl)ccc1OC(=O)c1ccc(Cl)cc1Cl. The van der Waals surface area contributed by atoms with Crippen LogP contribution in [0.4, 0.5) is 5.69 Å². The quantitative estimate of drug-likeness (QED) is 0.0726. The maximum atomic E-state index is 13.4. The van der Waals surface area contributed by atoms with Crippen LogP contribution in [0.15, 0.2) is 84.0 Å². The number of benzene rings is 4. The van der Waals surface area contributed by atoms with Gasteiger partial charge in [0.25, 0.3) is 5.91 Å². The largest absolute Gasteiger partial charge is 0.490 e. The topological polar surface area (TPSA) is 96.0 Å². The van der Waals surface area contributed by atoms with Crippen molar-refractivity contribution < 1.29 is 19.1 Å². The van der Waals surface area contributed by atoms with Crippen molar-refractivity contribution >= 4 is 69.5 Å². The van der Waals surface area contributed by atoms with Crippen molar-refractivity contribution in [3.63, 3.8) is 0 Å². The van der Waals surface area contributed by atoms with Crippen LogP contribution in [0.1, 0.15) is 33.3 Å². The van der Waals surface area contributed by atoms with Crippen LogP contribution in [0.3, 0.4) is 0 Å². The van der Waals surface area contributed by atoms with Crippen LogP contribution in [0.5, 0.6) is 11.5 Å². The third-order valence-corrected chi connectivity index (χ3v) is 7.55. The average Bonchev–Trinajstić information content (AvgIpc) is 3.37. The fraction of sp³-hybridized carbons (Fsp3) is 0.121. The Balaban J connectivity index is 1.40. The van der Waals surface area contributed by atoms with E-state index in [1.165, 1.54) is 18.3 Å². The summed E-state index contributed by atoms with van der Waals surface area (Å²) in [6.45, 7) is 2.13. The molecule has 4 aromatic carbocycles. The standard InChI is InChI=1S/C33H27Cl3N4O4/c1-4-43-29-15-19(9-14-28(29)44-33(42)23-12-10-20(34)16-26(23)36)18-37-39-32(41)31-30(22-7-5-6-8-25(22)35)24-17-21(40(2)3)11-13-27(24)38-31/h5-18,38H,4H2,1-3H3,(H,39,41). The second-order valence-corrected chi connectivity index (χ2v) is 11.1. The van der Waals surface area contributed by atoms with E-state index in [-0.39, 0.29) is 16.3 Å². The zero-order valence-corrected chi connectivity index (χ0v) is 26.2. The molecule has 5 rings (SSSR count). The van der Waals surface area contributed by atoms with Crippen LogP contribution in [0.25, 0.3) is 22.0 Å². The lowest BCUT2D eigenvalue weighted by Crippen LogP contribution is -2.19. The van der Waals surface area contributed by atoms with Crippen molar-refractivity contribution in [2.75, 3.05) is 25.6 Å². The Morgan fingerprint density at radius 2 is 1.73 bits per heavy atom. The maximum absolute atomic E-state index is 13.4. The van der Waals surface area contributed by atoms with Gasteiger partial charge in [0.05, 0.1) is 23.4 Å². The zero-order chi connectivity index (χ0) is 31.4. The van der Waals surface area contributed by atoms with Crippen LogP contribution in [0, 0.1) is 0 Å². The van der Waals surface area contributed by atoms with Crippen molar-refractivity contribution in [2.45, 2.75) is 6.92 Å². The Bertz CT molecular complexity index is 1900. The molecule has 224 valence electrons. The van der Waals surface area contributed by atoms with Gasteiger partial charge >= 0.3 is 5.97 Å². The molecule has 11 heteroatoms. The lowest BCUT2D eigenvalue weighted by atomic mass is 10.0. The molecular weight excluding hydrogens is 623 g/mol. The molecule has 0 aliphatic rings. The fourth-order valence-electron chi connectivity index (χ4n) is 4.56. The lowest BCUT2D eigenvalue weighted by molar-refractivity contribution is 0.0728. The number of hydrogen-bond acceptors (Lipinski definition) is 6. The van der Waals surface area contributed by atoms with E-state index in [0.29, 0.717) is 39.2 Å². The van der Waals surface area contributed by atoms with Gasteiger partial charge in [-0.25, -0.2) is 10.2 Å². The number of nitrogens with one attached hydrogen (secondary N) is 2. The number of aromatic nitrogens is 1. The lowest BCUT2D eigenvalue weighted by Gasteiger charge is -2.13. The van der Waals surface area contributed by atoms with Crippen molar-refractivity contribution in [3.05, 3.63) is 111 Å². The predicted molar refractivity (Wildman–Crippen MR) is 177 cm³/mol. The highest BCUT2D eigenvalue weighted by atomic mass is 35.5. The molecule has 44 heavy (non-hydrogen) atoms. The van der Waals surface area contributed by atoms with Gasteiger partial charge in [0, 0.05) is 51.9 Å². The van der Waals surface area contributed by atoms with Gasteiger partial charge in [0.2, 0.25) is 0 Å². The summed E-state index contributed by atoms with van der Waals surface area (Å²) < 4.78 is 11.2. The minimum atomic E-state index is -0.660. The van der Waals surface area contributed by atoms with E-state index in [4.69, 9.17) is 44.3 Å². The van der Waals surface area contributed by atoms with Crippen LogP contribution < -0.4 is 19.8 Å². The minimum Gasteiger partial charge on any atom is -0.490 e. The summed E-state index contributed by atoms with van der Waals surface area (Å²) in [4.78, 5) is 31.4. The number of carbonyl (C=O) groups is 2. The highest BCUT2D eigenvalue weighted by Gasteiger charge is 2.21. The highest BCUT2D eigenvalue weighted by molar-refractivity contribution is 6.36. The van der Waals surface area contributed by atoms with E-state index < -0.39 is 11.9 Å². The summed E-state index contributed by atoms with van der Waals surface area (Å²) in [7, 11) is 3.90. The normalized spacial score (nSPS) is 11.1. The van der Waals surface area contributed by atoms with Gasteiger partial charge in [-0.15, -0.1) is 0 Å². The Morgan fingerprint density at radius 1 is 0.932 bits per heavy atom. The zero-order valence-electron chi connectivity index (χ0n) is 24.0. The van der Waals surface area contributed by atoms with Crippen LogP contribution in [0.2, 0.25) is 15.1 Å². The van der Waals surface area contributed by atoms with E-state index in [1.807, 2.05) is 55.4 Å². The molecule has 1 amide bonds. The summed E-state index contributed by atoms with van der Waals surface area (Å²) >= 11 is 18.7. The predicted octanol–water partition coefficient (Wildman–Crippen LogP) is 8.24. The van der Waals surface area contributed by atoms with Gasteiger partial charge < -0.3 is 19.4 Å². The maximum Gasteiger partial charge on any atom is 0.345 e. The second kappa shape index (κ2) is 13.4. The first-order valence-corrected chi connectivity index (χ1v) is 14.6. The highest BCUT2D eigenvalue weighted by Crippen LogP contribution is 2.38. The van der Waals surface area contributed by atoms with Crippen LogP contribution in [-0.2, 0) is 0 Å². The van der Waals surface area contributed by atoms with Gasteiger partial charge in [-0.1, -0.05) is 53.0 Å². The van der Waals surface area contributed by atoms with Gasteiger partial charge in [-0.2, -0.15) is 5.10 Å². The number of ether oxygens (including phenoxy) is 2. The number of anilines is 1. The summed E-state index contributed by atoms with van der Waals surface area (Å²) in [5.74, 6) is -0.598. The van der Waals surface area contributed by atoms with E-state index in [9.17, 15) is 9.59 Å². The molecule has 0 unspecified atom stereocenters. The van der Waals surface area contributed by atoms with E-state index in [1.54, 1.807) is 37.3 Å². The molecule has 1 heterocycles. The molecule has 2 N–H and O–H groups in total. The molecule has 0 bridgehead atoms. The number of halogens is 3. The number of H-pyrrole nitrogens is 1. The van der Waals surface area contributed by atoms with Crippen molar-refractivity contribution in [1.82, 2.24) is 10.4 Å². The van der Waals surface area contributed by atoms with Gasteiger partial charge in [-0.3, -0.25) is 4.79 Å². The van der Waals surface area contributed by atoms with Crippen LogP contribution >= 0.6 is 34.8 Å². The summed E-state index contributed by atoms with van der Waals surface area (Å²) in [6.07, 6.45) is 1.46. The summed E-state index contributed by atoms with van der Waals surface area (Å²) in [5, 5.41) is 6.12. The first-order chi connectivity index (χ1) is 21.2. The van der Waals surface area contributed by atoms with Gasteiger partial charge in [0.1, 0.15) is 5.69 Å². The number of nitrogens with zero attached hydrogens (tertiary/aromatic N) is 2. The molecule has 5 aromatic rings. The first-order valence-electron chi connectivity index (χ1n) is 13.5. The number of esters is 1. The number of amides is 1. The van der Waals surface area contributed by atoms with Gasteiger partial charge in [0.15, 0.2) is 11.5 Å².